The van der Waals surface area contributed by atoms with E-state index in [2.05, 4.69) is 230 Å². The summed E-state index contributed by atoms with van der Waals surface area (Å²) in [5.41, 5.74) is 17.3. The minimum absolute atomic E-state index is 0.982. The van der Waals surface area contributed by atoms with Crippen LogP contribution in [0.15, 0.2) is 194 Å². The van der Waals surface area contributed by atoms with E-state index in [-0.39, 0.29) is 0 Å². The lowest BCUT2D eigenvalue weighted by Gasteiger charge is -2.12. The molecule has 0 saturated heterocycles. The van der Waals surface area contributed by atoms with Crippen LogP contribution in [0.3, 0.4) is 0 Å². The molecule has 0 aliphatic rings. The van der Waals surface area contributed by atoms with Crippen molar-refractivity contribution in [2.75, 3.05) is 0 Å². The van der Waals surface area contributed by atoms with E-state index in [9.17, 15) is 0 Å². The van der Waals surface area contributed by atoms with Crippen molar-refractivity contribution in [3.8, 4) is 44.8 Å². The predicted octanol–water partition coefficient (Wildman–Crippen LogP) is 19.1. The van der Waals surface area contributed by atoms with Crippen molar-refractivity contribution in [2.24, 2.45) is 0 Å². The Morgan fingerprint density at radius 3 is 1.62 bits per heavy atom. The molecule has 0 unspecified atom stereocenters. The van der Waals surface area contributed by atoms with Crippen LogP contribution in [0.1, 0.15) is 43.5 Å². The van der Waals surface area contributed by atoms with Gasteiger partial charge in [0.1, 0.15) is 0 Å². The number of para-hydroxylation sites is 1. The van der Waals surface area contributed by atoms with E-state index in [0.29, 0.717) is 0 Å². The first kappa shape index (κ1) is 40.7. The molecule has 0 atom stereocenters. The van der Waals surface area contributed by atoms with Crippen molar-refractivity contribution >= 4 is 102 Å². The molecule has 0 fully saturated rings. The highest BCUT2D eigenvalue weighted by Gasteiger charge is 2.18. The topological polar surface area (TPSA) is 9.86 Å². The van der Waals surface area contributed by atoms with Crippen LogP contribution in [0.2, 0.25) is 0 Å². The number of aromatic nitrogens is 2. The molecule has 0 radical (unpaired) electrons. The summed E-state index contributed by atoms with van der Waals surface area (Å²) in [7, 11) is 0. The van der Waals surface area contributed by atoms with Crippen LogP contribution >= 0.6 is 22.7 Å². The van der Waals surface area contributed by atoms with Gasteiger partial charge in [-0.1, -0.05) is 129 Å². The van der Waals surface area contributed by atoms with Crippen molar-refractivity contribution < 1.29 is 0 Å². The Balaban J connectivity index is 0.825. The highest BCUT2D eigenvalue weighted by Crippen LogP contribution is 2.42. The van der Waals surface area contributed by atoms with Crippen LogP contribution in [0.5, 0.6) is 0 Å². The molecule has 0 N–H and O–H groups in total. The van der Waals surface area contributed by atoms with Crippen molar-refractivity contribution in [3.63, 3.8) is 0 Å². The largest absolute Gasteiger partial charge is 0.310 e. The number of thiophene rings is 2. The summed E-state index contributed by atoms with van der Waals surface area (Å²) in [4.78, 5) is 0. The molecule has 326 valence electrons. The first-order valence-electron chi connectivity index (χ1n) is 23.9. The molecule has 2 nitrogen and oxygen atoms in total. The fourth-order valence-electron chi connectivity index (χ4n) is 10.8. The Labute approximate surface area is 404 Å². The summed E-state index contributed by atoms with van der Waals surface area (Å²) in [6, 6.07) is 70.6. The maximum Gasteiger partial charge on any atom is 0.0541 e. The number of fused-ring (bicyclic) bond motifs is 10. The SMILES string of the molecule is CC/C=C\c1c(C)c2cc(-c3ccc4sc5c(CCC)cccc5c4c3)ccc2n1-c1ccc(-c2ccc(-n3c4ccccc4c4cc(-c5ccc6sc7ccccc7c6c5)ccc43)cc2)cc1. The second kappa shape index (κ2) is 16.4. The van der Waals surface area contributed by atoms with Gasteiger partial charge in [0.2, 0.25) is 0 Å². The number of aryl methyl sites for hydroxylation is 2. The van der Waals surface area contributed by atoms with Crippen molar-refractivity contribution in [2.45, 2.75) is 40.0 Å². The fourth-order valence-corrected chi connectivity index (χ4v) is 13.1. The zero-order valence-corrected chi connectivity index (χ0v) is 40.0. The Kier molecular flexibility index (Phi) is 9.81. The quantitative estimate of drug-likeness (QED) is 0.137. The third-order valence-corrected chi connectivity index (χ3v) is 16.6. The summed E-state index contributed by atoms with van der Waals surface area (Å²) in [6.07, 6.45) is 7.84. The molecular weight excluding hydrogens is 861 g/mol. The maximum absolute atomic E-state index is 2.44. The Morgan fingerprint density at radius 2 is 0.926 bits per heavy atom. The molecule has 4 heteroatoms. The molecule has 13 aromatic rings. The zero-order valence-electron chi connectivity index (χ0n) is 38.4. The van der Waals surface area contributed by atoms with Gasteiger partial charge in [-0.05, 0) is 155 Å². The summed E-state index contributed by atoms with van der Waals surface area (Å²) < 4.78 is 10.3. The number of benzene rings is 9. The highest BCUT2D eigenvalue weighted by molar-refractivity contribution is 7.26. The number of allylic oxidation sites excluding steroid dienone is 1. The lowest BCUT2D eigenvalue weighted by molar-refractivity contribution is 0.931. The standard InChI is InChI=1S/C64H48N2S2/c1-4-6-17-57-40(3)53-36-44(47-27-35-63-56(39-47)52-16-11-13-43(12-5-2)64(52)68-63)24-32-59(53)65(57)48-28-20-41(21-29-48)42-22-30-49(31-23-42)66-58-18-9-7-14-50(58)54-37-45(25-33-60(54)66)46-26-34-62-55(38-46)51-15-8-10-19-61(51)67-62/h6-11,13-39H,4-5,12H2,1-3H3/b17-6-. The molecule has 0 aliphatic heterocycles. The van der Waals surface area contributed by atoms with Crippen LogP contribution in [0.4, 0.5) is 0 Å². The average Bonchev–Trinajstić information content (AvgIpc) is 4.13. The molecule has 0 saturated carbocycles. The number of rotatable bonds is 9. The minimum atomic E-state index is 0.982. The molecule has 13 rings (SSSR count). The summed E-state index contributed by atoms with van der Waals surface area (Å²) in [5.74, 6) is 0. The normalized spacial score (nSPS) is 12.2. The monoisotopic (exact) mass is 908 g/mol. The maximum atomic E-state index is 2.44. The second-order valence-corrected chi connectivity index (χ2v) is 20.4. The van der Waals surface area contributed by atoms with Gasteiger partial charge < -0.3 is 9.13 Å². The highest BCUT2D eigenvalue weighted by atomic mass is 32.1. The van der Waals surface area contributed by atoms with Crippen LogP contribution in [0.25, 0.3) is 124 Å². The number of hydrogen-bond donors (Lipinski definition) is 0. The zero-order chi connectivity index (χ0) is 45.5. The molecule has 9 aromatic carbocycles. The van der Waals surface area contributed by atoms with E-state index >= 15 is 0 Å². The van der Waals surface area contributed by atoms with Gasteiger partial charge in [0, 0.05) is 73.6 Å². The van der Waals surface area contributed by atoms with E-state index in [1.165, 1.54) is 123 Å². The molecule has 68 heavy (non-hydrogen) atoms. The first-order valence-corrected chi connectivity index (χ1v) is 25.6. The molecule has 0 amide bonds. The third-order valence-electron chi connectivity index (χ3n) is 14.2. The predicted molar refractivity (Wildman–Crippen MR) is 298 cm³/mol. The van der Waals surface area contributed by atoms with E-state index in [1.807, 2.05) is 22.7 Å². The molecule has 0 bridgehead atoms. The smallest absolute Gasteiger partial charge is 0.0541 e. The van der Waals surface area contributed by atoms with E-state index < -0.39 is 0 Å². The van der Waals surface area contributed by atoms with Crippen LogP contribution in [0, 0.1) is 6.92 Å². The lowest BCUT2D eigenvalue weighted by atomic mass is 9.99. The van der Waals surface area contributed by atoms with Gasteiger partial charge in [-0.15, -0.1) is 22.7 Å². The van der Waals surface area contributed by atoms with E-state index in [1.54, 1.807) is 0 Å². The molecule has 0 spiro atoms. The third kappa shape index (κ3) is 6.58. The number of hydrogen-bond acceptors (Lipinski definition) is 2. The summed E-state index contributed by atoms with van der Waals surface area (Å²) in [5, 5.41) is 9.20. The molecular formula is C64H48N2S2. The van der Waals surface area contributed by atoms with E-state index in [0.717, 1.165) is 30.6 Å². The summed E-state index contributed by atoms with van der Waals surface area (Å²) in [6.45, 7) is 6.75. The Bertz CT molecular complexity index is 4130. The lowest BCUT2D eigenvalue weighted by Crippen LogP contribution is -1.97. The van der Waals surface area contributed by atoms with Crippen molar-refractivity contribution in [1.82, 2.24) is 9.13 Å². The van der Waals surface area contributed by atoms with Gasteiger partial charge in [-0.2, -0.15) is 0 Å². The van der Waals surface area contributed by atoms with Crippen LogP contribution in [-0.2, 0) is 6.42 Å². The van der Waals surface area contributed by atoms with Gasteiger partial charge in [0.05, 0.1) is 16.6 Å². The van der Waals surface area contributed by atoms with Gasteiger partial charge in [0.15, 0.2) is 0 Å². The Morgan fingerprint density at radius 1 is 0.412 bits per heavy atom. The average molecular weight is 909 g/mol. The van der Waals surface area contributed by atoms with E-state index in [4.69, 9.17) is 0 Å². The van der Waals surface area contributed by atoms with Crippen molar-refractivity contribution in [3.05, 3.63) is 211 Å². The Hall–Kier alpha value is -7.50. The minimum Gasteiger partial charge on any atom is -0.310 e. The number of nitrogens with zero attached hydrogens (tertiary/aromatic N) is 2. The van der Waals surface area contributed by atoms with Gasteiger partial charge in [-0.25, -0.2) is 0 Å². The molecule has 0 aliphatic carbocycles. The second-order valence-electron chi connectivity index (χ2n) is 18.2. The summed E-state index contributed by atoms with van der Waals surface area (Å²) >= 11 is 3.80. The van der Waals surface area contributed by atoms with Crippen molar-refractivity contribution in [1.29, 1.82) is 0 Å². The first-order chi connectivity index (χ1) is 33.5. The van der Waals surface area contributed by atoms with Crippen LogP contribution < -0.4 is 0 Å². The fraction of sp³-hybridized carbons (Fsp3) is 0.0938. The van der Waals surface area contributed by atoms with Gasteiger partial charge >= 0.3 is 0 Å². The van der Waals surface area contributed by atoms with Gasteiger partial charge in [-0.3, -0.25) is 0 Å². The molecule has 4 heterocycles. The molecule has 4 aromatic heterocycles. The van der Waals surface area contributed by atoms with Crippen LogP contribution in [-0.4, -0.2) is 9.13 Å². The van der Waals surface area contributed by atoms with Gasteiger partial charge in [0.25, 0.3) is 0 Å².